The van der Waals surface area contributed by atoms with Gasteiger partial charge in [0, 0.05) is 35.1 Å². The minimum atomic E-state index is -4.62. The van der Waals surface area contributed by atoms with Gasteiger partial charge in [-0.2, -0.15) is 13.2 Å². The van der Waals surface area contributed by atoms with E-state index in [-0.39, 0.29) is 63.5 Å². The number of pyridine rings is 1. The number of nitrogens with one attached hydrogen (secondary N) is 1. The predicted molar refractivity (Wildman–Crippen MR) is 139 cm³/mol. The molecule has 13 heteroatoms. The Kier molecular flexibility index (Phi) is 4.58. The summed E-state index contributed by atoms with van der Waals surface area (Å²) in [6.07, 6.45) is 0.515. The van der Waals surface area contributed by atoms with Crippen molar-refractivity contribution in [2.24, 2.45) is 35.0 Å². The number of benzene rings is 1. The molecule has 0 radical (unpaired) electrons. The van der Waals surface area contributed by atoms with Crippen molar-refractivity contribution in [3.05, 3.63) is 71.7 Å². The van der Waals surface area contributed by atoms with Gasteiger partial charge in [0.2, 0.25) is 0 Å². The van der Waals surface area contributed by atoms with Gasteiger partial charge in [-0.05, 0) is 73.3 Å². The van der Waals surface area contributed by atoms with Crippen LogP contribution in [0, 0.1) is 40.8 Å². The molecular formula is C29H22F4N6O3. The maximum atomic E-state index is 15.6. The average molecular weight is 579 g/mol. The van der Waals surface area contributed by atoms with Crippen LogP contribution in [0.3, 0.4) is 0 Å². The van der Waals surface area contributed by atoms with Crippen LogP contribution in [-0.4, -0.2) is 36.3 Å². The number of anilines is 2. The molecule has 4 atom stereocenters. The number of carbonyl (C=O) groups excluding carboxylic acids is 1. The summed E-state index contributed by atoms with van der Waals surface area (Å²) in [7, 11) is 0. The van der Waals surface area contributed by atoms with Crippen LogP contribution in [-0.2, 0) is 16.4 Å². The lowest BCUT2D eigenvalue weighted by atomic mass is 9.07. The van der Waals surface area contributed by atoms with Gasteiger partial charge in [-0.25, -0.2) is 19.3 Å². The monoisotopic (exact) mass is 578 g/mol. The van der Waals surface area contributed by atoms with E-state index < -0.39 is 34.8 Å². The molecule has 1 aromatic carbocycles. The first-order valence-electron chi connectivity index (χ1n) is 13.4. The third-order valence-corrected chi connectivity index (χ3v) is 10.6. The van der Waals surface area contributed by atoms with Crippen LogP contribution in [0.2, 0.25) is 0 Å². The molecule has 4 aromatic rings. The third-order valence-electron chi connectivity index (χ3n) is 10.6. The molecule has 4 aliphatic rings. The van der Waals surface area contributed by atoms with E-state index in [1.165, 1.54) is 12.1 Å². The normalized spacial score (nSPS) is 31.7. The molecule has 4 N–H and O–H groups in total. The van der Waals surface area contributed by atoms with Gasteiger partial charge in [-0.15, -0.1) is 0 Å². The lowest BCUT2D eigenvalue weighted by Crippen LogP contribution is -2.96. The Bertz CT molecular complexity index is 1860. The summed E-state index contributed by atoms with van der Waals surface area (Å²) in [6.45, 7) is 1.84. The van der Waals surface area contributed by atoms with Gasteiger partial charge in [0.05, 0.1) is 11.0 Å². The number of hydrogen-bond donors (Lipinski definition) is 3. The average Bonchev–Trinajstić information content (AvgIpc) is 3.32. The number of nitrogens with zero attached hydrogens (tertiary/aromatic N) is 4. The van der Waals surface area contributed by atoms with Crippen molar-refractivity contribution in [2.45, 2.75) is 24.9 Å². The third kappa shape index (κ3) is 2.72. The molecule has 4 fully saturated rings. The van der Waals surface area contributed by atoms with E-state index in [1.807, 2.05) is 11.3 Å². The molecule has 42 heavy (non-hydrogen) atoms. The van der Waals surface area contributed by atoms with Crippen LogP contribution in [0.1, 0.15) is 35.1 Å². The van der Waals surface area contributed by atoms with E-state index in [2.05, 4.69) is 15.3 Å². The standard InChI is InChI=1S/C29H22F4N6O3/c1-27(26(41)42)18-14-10-15-19(27)20(18)28(14,15)25-38-21(22-23(34)36-6-7-39(22)25)13-3-2-11(8-16(13)30)24(40)37-17-9-12(4-5-35-17)29(31,32)33/h2-9,14-15,18-20H,10H2,1H3,(H2,34,36)(H,41,42)(H,35,37,40). The summed E-state index contributed by atoms with van der Waals surface area (Å²) in [5, 5.41) is 12.2. The molecular weight excluding hydrogens is 556 g/mol. The van der Waals surface area contributed by atoms with Crippen molar-refractivity contribution in [1.29, 1.82) is 0 Å². The summed E-state index contributed by atoms with van der Waals surface area (Å²) in [6, 6.07) is 5.17. The highest BCUT2D eigenvalue weighted by Gasteiger charge is 2.96. The number of amides is 1. The molecule has 0 aliphatic heterocycles. The number of imidazole rings is 1. The second-order valence-corrected chi connectivity index (χ2v) is 11.9. The molecule has 4 aliphatic carbocycles. The first kappa shape index (κ1) is 25.2. The first-order valence-corrected chi connectivity index (χ1v) is 13.4. The van der Waals surface area contributed by atoms with Crippen LogP contribution in [0.5, 0.6) is 0 Å². The Labute approximate surface area is 234 Å². The number of alkyl halides is 3. The number of nitrogens with two attached hydrogens (primary N) is 1. The summed E-state index contributed by atoms with van der Waals surface area (Å²) in [4.78, 5) is 37.7. The van der Waals surface area contributed by atoms with E-state index in [0.29, 0.717) is 11.6 Å². The largest absolute Gasteiger partial charge is 0.481 e. The lowest BCUT2D eigenvalue weighted by molar-refractivity contribution is -0.452. The summed E-state index contributed by atoms with van der Waals surface area (Å²) in [5.74, 6) is -1.11. The Morgan fingerprint density at radius 2 is 1.83 bits per heavy atom. The van der Waals surface area contributed by atoms with Crippen molar-refractivity contribution in [1.82, 2.24) is 19.4 Å². The number of carboxylic acid groups (broad SMARTS) is 1. The van der Waals surface area contributed by atoms with Crippen molar-refractivity contribution in [3.8, 4) is 11.3 Å². The molecule has 4 saturated carbocycles. The Morgan fingerprint density at radius 3 is 2.48 bits per heavy atom. The van der Waals surface area contributed by atoms with Gasteiger partial charge in [-0.1, -0.05) is 0 Å². The fourth-order valence-corrected chi connectivity index (χ4v) is 8.96. The van der Waals surface area contributed by atoms with Gasteiger partial charge < -0.3 is 16.2 Å². The molecule has 0 bridgehead atoms. The lowest BCUT2D eigenvalue weighted by Gasteiger charge is -2.94. The second-order valence-electron chi connectivity index (χ2n) is 11.9. The van der Waals surface area contributed by atoms with E-state index in [1.54, 1.807) is 12.4 Å². The van der Waals surface area contributed by atoms with Crippen molar-refractivity contribution in [3.63, 3.8) is 0 Å². The van der Waals surface area contributed by atoms with Crippen molar-refractivity contribution in [2.75, 3.05) is 11.1 Å². The number of hydrogen-bond acceptors (Lipinski definition) is 6. The van der Waals surface area contributed by atoms with Crippen LogP contribution in [0.25, 0.3) is 16.8 Å². The van der Waals surface area contributed by atoms with Crippen LogP contribution >= 0.6 is 0 Å². The Balaban J connectivity index is 1.14. The van der Waals surface area contributed by atoms with Crippen molar-refractivity contribution < 1.29 is 32.3 Å². The molecule has 3 aromatic heterocycles. The zero-order valence-corrected chi connectivity index (χ0v) is 21.9. The number of rotatable bonds is 5. The van der Waals surface area contributed by atoms with Crippen LogP contribution < -0.4 is 11.1 Å². The van der Waals surface area contributed by atoms with Gasteiger partial charge in [-0.3, -0.25) is 14.0 Å². The SMILES string of the molecule is CC1(C(=O)O)C2C3CC4C1C2C34c1nc(-c2ccc(C(=O)Nc3cc(C(F)(F)F)ccn3)cc2F)c2c(N)nccn12. The van der Waals surface area contributed by atoms with E-state index >= 15 is 4.39 Å². The van der Waals surface area contributed by atoms with Crippen molar-refractivity contribution >= 4 is 29.0 Å². The molecule has 8 rings (SSSR count). The minimum absolute atomic E-state index is 0.0768. The molecule has 4 unspecified atom stereocenters. The molecule has 1 amide bonds. The fourth-order valence-electron chi connectivity index (χ4n) is 8.96. The molecule has 214 valence electrons. The minimum Gasteiger partial charge on any atom is -0.481 e. The summed E-state index contributed by atoms with van der Waals surface area (Å²) >= 11 is 0. The molecule has 3 heterocycles. The highest BCUT2D eigenvalue weighted by atomic mass is 19.4. The predicted octanol–water partition coefficient (Wildman–Crippen LogP) is 4.64. The molecule has 0 spiro atoms. The zero-order valence-electron chi connectivity index (χ0n) is 21.9. The van der Waals surface area contributed by atoms with Gasteiger partial charge in [0.1, 0.15) is 34.5 Å². The molecule has 0 saturated heterocycles. The number of aliphatic carboxylic acids is 1. The van der Waals surface area contributed by atoms with Crippen LogP contribution in [0.15, 0.2) is 48.9 Å². The van der Waals surface area contributed by atoms with Gasteiger partial charge in [0.15, 0.2) is 0 Å². The number of halogens is 4. The quantitative estimate of drug-likeness (QED) is 0.294. The number of carboxylic acids is 1. The maximum absolute atomic E-state index is 15.6. The van der Waals surface area contributed by atoms with E-state index in [4.69, 9.17) is 10.7 Å². The second kappa shape index (κ2) is 7.64. The highest BCUT2D eigenvalue weighted by Crippen LogP contribution is 2.95. The van der Waals surface area contributed by atoms with E-state index in [0.717, 1.165) is 30.6 Å². The zero-order chi connectivity index (χ0) is 29.5. The smallest absolute Gasteiger partial charge is 0.416 e. The topological polar surface area (TPSA) is 135 Å². The van der Waals surface area contributed by atoms with Crippen LogP contribution in [0.4, 0.5) is 29.2 Å². The molecule has 9 nitrogen and oxygen atoms in total. The summed E-state index contributed by atoms with van der Waals surface area (Å²) < 4.78 is 56.6. The summed E-state index contributed by atoms with van der Waals surface area (Å²) in [5.41, 5.74) is 4.90. The first-order chi connectivity index (χ1) is 19.9. The highest BCUT2D eigenvalue weighted by molar-refractivity contribution is 6.04. The number of nitrogen functional groups attached to an aromatic ring is 1. The van der Waals surface area contributed by atoms with Gasteiger partial charge >= 0.3 is 12.1 Å². The number of carbonyl (C=O) groups is 2. The number of fused-ring (bicyclic) bond motifs is 3. The van der Waals surface area contributed by atoms with E-state index in [9.17, 15) is 27.9 Å². The number of aromatic nitrogens is 4. The maximum Gasteiger partial charge on any atom is 0.416 e. The van der Waals surface area contributed by atoms with Gasteiger partial charge in [0.25, 0.3) is 5.91 Å². The Morgan fingerprint density at radius 1 is 1.10 bits per heavy atom. The fraction of sp³-hybridized carbons (Fsp3) is 0.345. The Hall–Kier alpha value is -4.55.